The number of hydrogen-bond acceptors (Lipinski definition) is 6. The Hall–Kier alpha value is -2.80. The predicted molar refractivity (Wildman–Crippen MR) is 98.2 cm³/mol. The molecule has 2 atom stereocenters. The number of fused-ring (bicyclic) bond motifs is 2. The van der Waals surface area contributed by atoms with Crippen LogP contribution in [0.1, 0.15) is 24.8 Å². The summed E-state index contributed by atoms with van der Waals surface area (Å²) in [4.78, 5) is 19.4. The number of amides is 1. The molecule has 27 heavy (non-hydrogen) atoms. The molecule has 3 aliphatic heterocycles. The van der Waals surface area contributed by atoms with E-state index in [9.17, 15) is 4.79 Å². The molecule has 7 heteroatoms. The highest BCUT2D eigenvalue weighted by Gasteiger charge is 2.58. The summed E-state index contributed by atoms with van der Waals surface area (Å²) in [7, 11) is 1.66. The zero-order chi connectivity index (χ0) is 18.6. The highest BCUT2D eigenvalue weighted by Crippen LogP contribution is 2.51. The number of benzene rings is 1. The van der Waals surface area contributed by atoms with Crippen molar-refractivity contribution in [1.29, 1.82) is 0 Å². The first-order valence-electron chi connectivity index (χ1n) is 9.12. The molecule has 140 valence electrons. The van der Waals surface area contributed by atoms with Gasteiger partial charge >= 0.3 is 0 Å². The van der Waals surface area contributed by atoms with Gasteiger partial charge in [-0.3, -0.25) is 9.69 Å². The summed E-state index contributed by atoms with van der Waals surface area (Å²) in [6.45, 7) is 1.15. The summed E-state index contributed by atoms with van der Waals surface area (Å²) in [5, 5.41) is 0. The monoisotopic (exact) mass is 367 g/mol. The zero-order valence-electron chi connectivity index (χ0n) is 15.1. The molecule has 3 aliphatic rings. The lowest BCUT2D eigenvalue weighted by Gasteiger charge is -2.46. The average molecular weight is 367 g/mol. The van der Waals surface area contributed by atoms with Crippen LogP contribution in [0.5, 0.6) is 5.75 Å². The zero-order valence-corrected chi connectivity index (χ0v) is 15.1. The molecule has 2 N–H and O–H groups in total. The Kier molecular flexibility index (Phi) is 3.40. The Morgan fingerprint density at radius 3 is 2.85 bits per heavy atom. The molecule has 1 amide bonds. The molecule has 0 bridgehead atoms. The Morgan fingerprint density at radius 1 is 1.30 bits per heavy atom. The van der Waals surface area contributed by atoms with Crippen molar-refractivity contribution in [2.24, 2.45) is 10.7 Å². The highest BCUT2D eigenvalue weighted by molar-refractivity contribution is 6.07. The van der Waals surface area contributed by atoms with Crippen molar-refractivity contribution in [2.45, 2.75) is 30.4 Å². The average Bonchev–Trinajstić information content (AvgIpc) is 3.27. The van der Waals surface area contributed by atoms with Gasteiger partial charge < -0.3 is 19.6 Å². The second kappa shape index (κ2) is 5.60. The third-order valence-corrected chi connectivity index (χ3v) is 5.73. The summed E-state index contributed by atoms with van der Waals surface area (Å²) in [5.74, 6) is 1.47. The van der Waals surface area contributed by atoms with Crippen molar-refractivity contribution < 1.29 is 18.7 Å². The van der Waals surface area contributed by atoms with Crippen molar-refractivity contribution in [3.05, 3.63) is 42.2 Å². The van der Waals surface area contributed by atoms with Crippen LogP contribution in [0, 0.1) is 0 Å². The van der Waals surface area contributed by atoms with Gasteiger partial charge in [0.15, 0.2) is 11.5 Å². The van der Waals surface area contributed by atoms with E-state index in [0.29, 0.717) is 25.4 Å². The van der Waals surface area contributed by atoms with Gasteiger partial charge in [-0.05, 0) is 43.2 Å². The fourth-order valence-electron chi connectivity index (χ4n) is 4.41. The van der Waals surface area contributed by atoms with Crippen LogP contribution < -0.4 is 10.5 Å². The third kappa shape index (κ3) is 2.31. The number of nitrogens with two attached hydrogens (primary N) is 1. The number of carbonyl (C=O) groups excluding carboxylic acids is 1. The number of nitrogens with zero attached hydrogens (tertiary/aromatic N) is 2. The van der Waals surface area contributed by atoms with Crippen molar-refractivity contribution in [3.63, 3.8) is 0 Å². The number of carbonyl (C=O) groups is 1. The maximum atomic E-state index is 13.3. The lowest BCUT2D eigenvalue weighted by atomic mass is 9.74. The van der Waals surface area contributed by atoms with E-state index in [1.54, 1.807) is 13.3 Å². The number of hydrogen-bond donors (Lipinski definition) is 1. The van der Waals surface area contributed by atoms with Crippen LogP contribution in [0.3, 0.4) is 0 Å². The van der Waals surface area contributed by atoms with Gasteiger partial charge in [0.05, 0.1) is 12.9 Å². The molecular weight excluding hydrogens is 346 g/mol. The topological polar surface area (TPSA) is 90.3 Å². The molecule has 1 aromatic heterocycles. The summed E-state index contributed by atoms with van der Waals surface area (Å²) in [6, 6.07) is 9.47. The van der Waals surface area contributed by atoms with Crippen LogP contribution in [0.15, 0.2) is 46.0 Å². The first-order chi connectivity index (χ1) is 13.0. The fraction of sp³-hybridized carbons (Fsp3) is 0.400. The Labute approximate surface area is 156 Å². The molecule has 2 spiro atoms. The van der Waals surface area contributed by atoms with E-state index < -0.39 is 11.1 Å². The van der Waals surface area contributed by atoms with E-state index in [1.165, 1.54) is 4.90 Å². The summed E-state index contributed by atoms with van der Waals surface area (Å²) < 4.78 is 17.6. The minimum atomic E-state index is -1.09. The second-order valence-corrected chi connectivity index (χ2v) is 7.50. The SMILES string of the molecule is CN1C(=O)[C@@]2(C[C@]3(CCCOC3)Oc3ccc(-c4ccco4)cc32)N=C1N. The molecule has 0 aliphatic carbocycles. The molecule has 0 saturated carbocycles. The van der Waals surface area contributed by atoms with Crippen LogP contribution in [0.4, 0.5) is 0 Å². The Balaban J connectivity index is 1.70. The van der Waals surface area contributed by atoms with Crippen LogP contribution in [-0.4, -0.2) is 42.6 Å². The second-order valence-electron chi connectivity index (χ2n) is 7.50. The van der Waals surface area contributed by atoms with Gasteiger partial charge in [0.1, 0.15) is 17.1 Å². The van der Waals surface area contributed by atoms with Crippen LogP contribution >= 0.6 is 0 Å². The Bertz CT molecular complexity index is 931. The minimum absolute atomic E-state index is 0.133. The van der Waals surface area contributed by atoms with E-state index in [2.05, 4.69) is 4.99 Å². The van der Waals surface area contributed by atoms with Crippen LogP contribution in [0.25, 0.3) is 11.3 Å². The molecular formula is C20H21N3O4. The normalized spacial score (nSPS) is 29.7. The van der Waals surface area contributed by atoms with E-state index >= 15 is 0 Å². The standard InChI is InChI=1S/C20H21N3O4/c1-23-17(24)20(22-18(23)21)11-19(7-3-8-25-12-19)27-16-6-5-13(10-14(16)20)15-4-2-9-26-15/h2,4-6,9-10H,3,7-8,11-12H2,1H3,(H2,21,22)/t19-,20-/m0/s1. The first kappa shape index (κ1) is 16.4. The number of ether oxygens (including phenoxy) is 2. The smallest absolute Gasteiger partial charge is 0.261 e. The van der Waals surface area contributed by atoms with Gasteiger partial charge in [-0.2, -0.15) is 0 Å². The van der Waals surface area contributed by atoms with Crippen molar-refractivity contribution >= 4 is 11.9 Å². The van der Waals surface area contributed by atoms with Crippen LogP contribution in [-0.2, 0) is 15.1 Å². The predicted octanol–water partition coefficient (Wildman–Crippen LogP) is 2.26. The van der Waals surface area contributed by atoms with E-state index in [1.807, 2.05) is 30.3 Å². The van der Waals surface area contributed by atoms with Crippen molar-refractivity contribution in [3.8, 4) is 17.1 Å². The quantitative estimate of drug-likeness (QED) is 0.835. The van der Waals surface area contributed by atoms with E-state index in [-0.39, 0.29) is 11.9 Å². The first-order valence-corrected chi connectivity index (χ1v) is 9.12. The van der Waals surface area contributed by atoms with E-state index in [0.717, 1.165) is 29.7 Å². The summed E-state index contributed by atoms with van der Waals surface area (Å²) >= 11 is 0. The lowest BCUT2D eigenvalue weighted by Crippen LogP contribution is -2.55. The minimum Gasteiger partial charge on any atom is -0.484 e. The molecule has 1 aromatic carbocycles. The number of likely N-dealkylation sites (N-methyl/N-ethyl adjacent to an activating group) is 1. The van der Waals surface area contributed by atoms with Gasteiger partial charge in [0, 0.05) is 31.2 Å². The number of furan rings is 1. The molecule has 1 saturated heterocycles. The molecule has 1 fully saturated rings. The number of guanidine groups is 1. The van der Waals surface area contributed by atoms with Gasteiger partial charge in [-0.1, -0.05) is 0 Å². The number of rotatable bonds is 1. The van der Waals surface area contributed by atoms with Crippen molar-refractivity contribution in [1.82, 2.24) is 4.90 Å². The lowest BCUT2D eigenvalue weighted by molar-refractivity contribution is -0.139. The van der Waals surface area contributed by atoms with Gasteiger partial charge in [-0.15, -0.1) is 0 Å². The molecule has 2 aromatic rings. The van der Waals surface area contributed by atoms with E-state index in [4.69, 9.17) is 19.6 Å². The molecule has 5 rings (SSSR count). The maximum Gasteiger partial charge on any atom is 0.261 e. The van der Waals surface area contributed by atoms with Gasteiger partial charge in [0.2, 0.25) is 0 Å². The maximum absolute atomic E-state index is 13.3. The fourth-order valence-corrected chi connectivity index (χ4v) is 4.41. The molecule has 0 radical (unpaired) electrons. The van der Waals surface area contributed by atoms with Gasteiger partial charge in [0.25, 0.3) is 5.91 Å². The largest absolute Gasteiger partial charge is 0.484 e. The highest BCUT2D eigenvalue weighted by atomic mass is 16.5. The van der Waals surface area contributed by atoms with Crippen molar-refractivity contribution in [2.75, 3.05) is 20.3 Å². The third-order valence-electron chi connectivity index (χ3n) is 5.73. The summed E-state index contributed by atoms with van der Waals surface area (Å²) in [5.41, 5.74) is 5.99. The molecule has 7 nitrogen and oxygen atoms in total. The molecule has 0 unspecified atom stereocenters. The van der Waals surface area contributed by atoms with Crippen LogP contribution in [0.2, 0.25) is 0 Å². The number of aliphatic imine (C=N–C) groups is 1. The van der Waals surface area contributed by atoms with Gasteiger partial charge in [-0.25, -0.2) is 4.99 Å². The molecule has 4 heterocycles. The summed E-state index contributed by atoms with van der Waals surface area (Å²) in [6.07, 6.45) is 3.75. The Morgan fingerprint density at radius 2 is 2.19 bits per heavy atom.